The summed E-state index contributed by atoms with van der Waals surface area (Å²) in [6, 6.07) is 0.374. The van der Waals surface area contributed by atoms with E-state index in [2.05, 4.69) is 19.8 Å². The van der Waals surface area contributed by atoms with Crippen LogP contribution >= 0.6 is 0 Å². The number of nitro groups is 1. The van der Waals surface area contributed by atoms with Crippen LogP contribution in [-0.4, -0.2) is 52.0 Å². The molecule has 2 aliphatic heterocycles. The fourth-order valence-corrected chi connectivity index (χ4v) is 3.39. The summed E-state index contributed by atoms with van der Waals surface area (Å²) in [5, 5.41) is 10.8. The number of aromatic nitrogens is 2. The summed E-state index contributed by atoms with van der Waals surface area (Å²) < 4.78 is 0. The van der Waals surface area contributed by atoms with E-state index in [-0.39, 0.29) is 11.5 Å². The van der Waals surface area contributed by atoms with Gasteiger partial charge in [-0.15, -0.1) is 0 Å². The van der Waals surface area contributed by atoms with E-state index in [1.165, 1.54) is 25.5 Å². The van der Waals surface area contributed by atoms with Gasteiger partial charge in [-0.05, 0) is 38.8 Å². The molecular formula is C14H22N6O2. The van der Waals surface area contributed by atoms with Gasteiger partial charge in [0, 0.05) is 19.1 Å². The van der Waals surface area contributed by atoms with Crippen LogP contribution in [0.4, 0.5) is 17.5 Å². The molecule has 0 saturated carbocycles. The van der Waals surface area contributed by atoms with E-state index in [0.717, 1.165) is 39.0 Å². The molecule has 0 amide bonds. The lowest BCUT2D eigenvalue weighted by Crippen LogP contribution is -2.43. The third kappa shape index (κ3) is 3.11. The Morgan fingerprint density at radius 2 is 2.05 bits per heavy atom. The highest BCUT2D eigenvalue weighted by Crippen LogP contribution is 2.27. The van der Waals surface area contributed by atoms with Crippen molar-refractivity contribution >= 4 is 17.5 Å². The molecular weight excluding hydrogens is 284 g/mol. The van der Waals surface area contributed by atoms with Crippen LogP contribution < -0.4 is 10.6 Å². The van der Waals surface area contributed by atoms with Gasteiger partial charge in [-0.2, -0.15) is 4.98 Å². The molecule has 8 heteroatoms. The molecule has 2 fully saturated rings. The van der Waals surface area contributed by atoms with Gasteiger partial charge in [0.15, 0.2) is 0 Å². The van der Waals surface area contributed by atoms with Crippen molar-refractivity contribution in [3.8, 4) is 0 Å². The Morgan fingerprint density at radius 1 is 1.27 bits per heavy atom. The van der Waals surface area contributed by atoms with Gasteiger partial charge in [0.05, 0.1) is 4.92 Å². The highest BCUT2D eigenvalue weighted by atomic mass is 16.6. The zero-order chi connectivity index (χ0) is 15.5. The van der Waals surface area contributed by atoms with Gasteiger partial charge in [0.2, 0.25) is 11.8 Å². The van der Waals surface area contributed by atoms with E-state index in [1.54, 1.807) is 0 Å². The van der Waals surface area contributed by atoms with Gasteiger partial charge >= 0.3 is 5.69 Å². The first kappa shape index (κ1) is 15.0. The second kappa shape index (κ2) is 6.43. The third-order valence-corrected chi connectivity index (χ3v) is 4.53. The lowest BCUT2D eigenvalue weighted by molar-refractivity contribution is -0.384. The van der Waals surface area contributed by atoms with Crippen LogP contribution in [0, 0.1) is 10.1 Å². The second-order valence-corrected chi connectivity index (χ2v) is 6.05. The van der Waals surface area contributed by atoms with Gasteiger partial charge < -0.3 is 15.5 Å². The van der Waals surface area contributed by atoms with Crippen molar-refractivity contribution in [2.24, 2.45) is 0 Å². The fraction of sp³-hybridized carbons (Fsp3) is 0.714. The van der Waals surface area contributed by atoms with Crippen molar-refractivity contribution in [3.63, 3.8) is 0 Å². The molecule has 1 aromatic heterocycles. The molecule has 22 heavy (non-hydrogen) atoms. The van der Waals surface area contributed by atoms with Gasteiger partial charge in [0.1, 0.15) is 6.20 Å². The first-order valence-corrected chi connectivity index (χ1v) is 7.91. The Hall–Kier alpha value is -1.96. The molecule has 0 bridgehead atoms. The average Bonchev–Trinajstić information content (AvgIpc) is 2.96. The summed E-state index contributed by atoms with van der Waals surface area (Å²) in [4.78, 5) is 23.2. The highest BCUT2D eigenvalue weighted by molar-refractivity contribution is 5.54. The molecule has 2 saturated heterocycles. The minimum absolute atomic E-state index is 0.0568. The quantitative estimate of drug-likeness (QED) is 0.663. The molecule has 120 valence electrons. The first-order chi connectivity index (χ1) is 10.6. The molecule has 2 aliphatic rings. The summed E-state index contributed by atoms with van der Waals surface area (Å²) in [6.45, 7) is 4.22. The Balaban J connectivity index is 1.72. The minimum Gasteiger partial charge on any atom is -0.378 e. The largest absolute Gasteiger partial charge is 0.378 e. The number of likely N-dealkylation sites (tertiary alicyclic amines) is 1. The summed E-state index contributed by atoms with van der Waals surface area (Å²) in [5.74, 6) is 0.459. The molecule has 0 aromatic carbocycles. The van der Waals surface area contributed by atoms with Gasteiger partial charge in [0.25, 0.3) is 0 Å². The topological polar surface area (TPSA) is 101 Å². The number of nitrogens with two attached hydrogens (primary N) is 1. The summed E-state index contributed by atoms with van der Waals surface area (Å²) in [7, 11) is 0. The van der Waals surface area contributed by atoms with Gasteiger partial charge in [-0.25, -0.2) is 4.98 Å². The Bertz CT molecular complexity index is 546. The van der Waals surface area contributed by atoms with Crippen LogP contribution in [0.2, 0.25) is 0 Å². The standard InChI is InChI=1S/C14H22N6O2/c15-13-12(20(21)22)9-16-14(17-13)19-8-4-5-11(19)10-18-6-2-1-3-7-18/h9,11H,1-8,10H2,(H2,15,16,17). The van der Waals surface area contributed by atoms with Crippen molar-refractivity contribution < 1.29 is 4.92 Å². The van der Waals surface area contributed by atoms with Crippen LogP contribution in [-0.2, 0) is 0 Å². The number of rotatable bonds is 4. The Labute approximate surface area is 129 Å². The van der Waals surface area contributed by atoms with Crippen molar-refractivity contribution in [2.75, 3.05) is 36.8 Å². The Morgan fingerprint density at radius 3 is 2.73 bits per heavy atom. The lowest BCUT2D eigenvalue weighted by Gasteiger charge is -2.32. The fourth-order valence-electron chi connectivity index (χ4n) is 3.39. The van der Waals surface area contributed by atoms with E-state index in [0.29, 0.717) is 12.0 Å². The molecule has 0 spiro atoms. The van der Waals surface area contributed by atoms with Crippen molar-refractivity contribution in [1.29, 1.82) is 0 Å². The van der Waals surface area contributed by atoms with E-state index < -0.39 is 4.92 Å². The SMILES string of the molecule is Nc1nc(N2CCCC2CN2CCCCC2)ncc1[N+](=O)[O-]. The van der Waals surface area contributed by atoms with Gasteiger partial charge in [-0.1, -0.05) is 6.42 Å². The van der Waals surface area contributed by atoms with Crippen LogP contribution in [0.5, 0.6) is 0 Å². The first-order valence-electron chi connectivity index (χ1n) is 7.91. The number of hydrogen-bond donors (Lipinski definition) is 1. The molecule has 3 rings (SSSR count). The molecule has 1 aromatic rings. The molecule has 8 nitrogen and oxygen atoms in total. The van der Waals surface area contributed by atoms with Crippen LogP contribution in [0.25, 0.3) is 0 Å². The Kier molecular flexibility index (Phi) is 4.37. The monoisotopic (exact) mass is 306 g/mol. The number of nitrogens with zero attached hydrogens (tertiary/aromatic N) is 5. The summed E-state index contributed by atoms with van der Waals surface area (Å²) in [6.07, 6.45) is 7.29. The van der Waals surface area contributed by atoms with Crippen molar-refractivity contribution in [1.82, 2.24) is 14.9 Å². The molecule has 3 heterocycles. The van der Waals surface area contributed by atoms with Crippen LogP contribution in [0.3, 0.4) is 0 Å². The average molecular weight is 306 g/mol. The summed E-state index contributed by atoms with van der Waals surface area (Å²) in [5.41, 5.74) is 5.46. The van der Waals surface area contributed by atoms with Crippen molar-refractivity contribution in [2.45, 2.75) is 38.1 Å². The van der Waals surface area contributed by atoms with E-state index in [9.17, 15) is 10.1 Å². The smallest absolute Gasteiger partial charge is 0.329 e. The number of hydrogen-bond acceptors (Lipinski definition) is 7. The van der Waals surface area contributed by atoms with Crippen LogP contribution in [0.1, 0.15) is 32.1 Å². The van der Waals surface area contributed by atoms with Crippen LogP contribution in [0.15, 0.2) is 6.20 Å². The summed E-state index contributed by atoms with van der Waals surface area (Å²) >= 11 is 0. The predicted molar refractivity (Wildman–Crippen MR) is 83.8 cm³/mol. The van der Waals surface area contributed by atoms with E-state index in [1.807, 2.05) is 0 Å². The molecule has 1 atom stereocenters. The maximum atomic E-state index is 10.8. The molecule has 0 radical (unpaired) electrons. The maximum absolute atomic E-state index is 10.8. The van der Waals surface area contributed by atoms with Crippen molar-refractivity contribution in [3.05, 3.63) is 16.3 Å². The molecule has 0 aliphatic carbocycles. The molecule has 1 unspecified atom stereocenters. The number of nitrogen functional groups attached to an aromatic ring is 1. The van der Waals surface area contributed by atoms with Gasteiger partial charge in [-0.3, -0.25) is 10.1 Å². The third-order valence-electron chi connectivity index (χ3n) is 4.53. The maximum Gasteiger partial charge on any atom is 0.329 e. The normalized spacial score (nSPS) is 22.9. The second-order valence-electron chi connectivity index (χ2n) is 6.05. The number of piperidine rings is 1. The predicted octanol–water partition coefficient (Wildman–Crippen LogP) is 1.42. The zero-order valence-electron chi connectivity index (χ0n) is 12.6. The minimum atomic E-state index is -0.547. The van der Waals surface area contributed by atoms with E-state index >= 15 is 0 Å². The molecule has 2 N–H and O–H groups in total. The van der Waals surface area contributed by atoms with E-state index in [4.69, 9.17) is 5.73 Å². The lowest BCUT2D eigenvalue weighted by atomic mass is 10.1. The highest BCUT2D eigenvalue weighted by Gasteiger charge is 2.29. The zero-order valence-corrected chi connectivity index (χ0v) is 12.6. The number of anilines is 2.